The van der Waals surface area contributed by atoms with Crippen LogP contribution in [0.3, 0.4) is 0 Å². The summed E-state index contributed by atoms with van der Waals surface area (Å²) in [6.07, 6.45) is 2.73. The van der Waals surface area contributed by atoms with Crippen LogP contribution in [0.5, 0.6) is 0 Å². The molecule has 6 heteroatoms. The zero-order valence-electron chi connectivity index (χ0n) is 7.93. The van der Waals surface area contributed by atoms with E-state index in [2.05, 4.69) is 10.0 Å². The molecule has 0 aromatic rings. The van der Waals surface area contributed by atoms with Gasteiger partial charge in [0.15, 0.2) is 0 Å². The first-order valence-corrected chi connectivity index (χ1v) is 4.69. The van der Waals surface area contributed by atoms with Crippen LogP contribution >= 0.6 is 0 Å². The molecule has 0 spiro atoms. The molecule has 0 bridgehead atoms. The van der Waals surface area contributed by atoms with Gasteiger partial charge in [0.05, 0.1) is 0 Å². The highest BCUT2D eigenvalue weighted by molar-refractivity contribution is 5.64. The van der Waals surface area contributed by atoms with Crippen molar-refractivity contribution in [3.05, 3.63) is 10.4 Å². The van der Waals surface area contributed by atoms with Gasteiger partial charge in [0.25, 0.3) is 0 Å². The molecule has 0 aliphatic heterocycles. The molecule has 1 amide bonds. The molecule has 2 N–H and O–H groups in total. The van der Waals surface area contributed by atoms with Crippen molar-refractivity contribution in [1.82, 2.24) is 0 Å². The summed E-state index contributed by atoms with van der Waals surface area (Å²) in [7, 11) is 0. The highest BCUT2D eigenvalue weighted by Gasteiger charge is 2.22. The fourth-order valence-corrected chi connectivity index (χ4v) is 1.75. The van der Waals surface area contributed by atoms with Crippen molar-refractivity contribution in [3.8, 4) is 0 Å². The molecular weight excluding hydrogens is 184 g/mol. The van der Waals surface area contributed by atoms with Crippen molar-refractivity contribution >= 4 is 6.09 Å². The number of hydrogen-bond acceptors (Lipinski definition) is 3. The lowest BCUT2D eigenvalue weighted by Crippen LogP contribution is -2.27. The zero-order valence-corrected chi connectivity index (χ0v) is 7.93. The summed E-state index contributed by atoms with van der Waals surface area (Å²) in [5.74, 6) is 0.429. The number of amides is 1. The maximum atomic E-state index is 10.5. The van der Waals surface area contributed by atoms with E-state index >= 15 is 0 Å². The Labute approximate surface area is 82.0 Å². The number of hydrogen-bond donors (Lipinski definition) is 1. The first kappa shape index (κ1) is 10.7. The summed E-state index contributed by atoms with van der Waals surface area (Å²) >= 11 is 0. The fourth-order valence-electron chi connectivity index (χ4n) is 1.75. The zero-order chi connectivity index (χ0) is 10.4. The summed E-state index contributed by atoms with van der Waals surface area (Å²) in [5, 5.41) is 3.53. The lowest BCUT2D eigenvalue weighted by atomic mass is 9.87. The molecule has 1 aliphatic rings. The Balaban J connectivity index is 2.23. The van der Waals surface area contributed by atoms with Crippen LogP contribution in [-0.4, -0.2) is 18.7 Å². The van der Waals surface area contributed by atoms with Gasteiger partial charge in [-0.1, -0.05) is 5.11 Å². The first-order valence-electron chi connectivity index (χ1n) is 4.69. The molecule has 1 aliphatic carbocycles. The van der Waals surface area contributed by atoms with Crippen LogP contribution in [0.4, 0.5) is 4.79 Å². The molecule has 0 unspecified atom stereocenters. The third-order valence-corrected chi connectivity index (χ3v) is 2.48. The standard InChI is InChI=1S/C8H14N4O2/c9-8(13)14-7-3-1-6(2-4-7)5-11-12-10/h6-7H,1-5H2,(H2,9,13)/t6-,7+. The second kappa shape index (κ2) is 5.34. The minimum atomic E-state index is -0.705. The maximum Gasteiger partial charge on any atom is 0.404 e. The van der Waals surface area contributed by atoms with Gasteiger partial charge in [0.1, 0.15) is 6.10 Å². The van der Waals surface area contributed by atoms with Gasteiger partial charge in [-0.3, -0.25) is 0 Å². The molecule has 78 valence electrons. The number of carbonyl (C=O) groups excluding carboxylic acids is 1. The Bertz CT molecular complexity index is 230. The van der Waals surface area contributed by atoms with E-state index in [9.17, 15) is 4.79 Å². The molecule has 6 nitrogen and oxygen atoms in total. The lowest BCUT2D eigenvalue weighted by molar-refractivity contribution is 0.0721. The predicted molar refractivity (Wildman–Crippen MR) is 50.4 cm³/mol. The smallest absolute Gasteiger partial charge is 0.404 e. The van der Waals surface area contributed by atoms with Crippen LogP contribution in [0, 0.1) is 5.92 Å². The molecule has 0 aromatic heterocycles. The van der Waals surface area contributed by atoms with Crippen molar-refractivity contribution < 1.29 is 9.53 Å². The van der Waals surface area contributed by atoms with E-state index in [-0.39, 0.29) is 6.10 Å². The Kier molecular flexibility index (Phi) is 4.07. The van der Waals surface area contributed by atoms with Gasteiger partial charge < -0.3 is 10.5 Å². The molecule has 1 fully saturated rings. The summed E-state index contributed by atoms with van der Waals surface area (Å²) in [6, 6.07) is 0. The third kappa shape index (κ3) is 3.53. The molecule has 1 rings (SSSR count). The molecule has 14 heavy (non-hydrogen) atoms. The van der Waals surface area contributed by atoms with Crippen LogP contribution in [0.2, 0.25) is 0 Å². The van der Waals surface area contributed by atoms with Crippen LogP contribution in [-0.2, 0) is 4.74 Å². The van der Waals surface area contributed by atoms with Gasteiger partial charge in [0.2, 0.25) is 0 Å². The summed E-state index contributed by atoms with van der Waals surface area (Å²) < 4.78 is 4.88. The van der Waals surface area contributed by atoms with E-state index < -0.39 is 6.09 Å². The molecule has 0 aromatic carbocycles. The highest BCUT2D eigenvalue weighted by atomic mass is 16.6. The molecule has 0 saturated heterocycles. The summed E-state index contributed by atoms with van der Waals surface area (Å²) in [6.45, 7) is 0.541. The number of rotatable bonds is 3. The van der Waals surface area contributed by atoms with Crippen molar-refractivity contribution in [3.63, 3.8) is 0 Å². The van der Waals surface area contributed by atoms with Gasteiger partial charge >= 0.3 is 6.09 Å². The summed E-state index contributed by atoms with van der Waals surface area (Å²) in [4.78, 5) is 13.2. The summed E-state index contributed by atoms with van der Waals surface area (Å²) in [5.41, 5.74) is 13.1. The minimum Gasteiger partial charge on any atom is -0.446 e. The molecule has 1 saturated carbocycles. The maximum absolute atomic E-state index is 10.5. The topological polar surface area (TPSA) is 101 Å². The van der Waals surface area contributed by atoms with E-state index in [1.54, 1.807) is 0 Å². The number of primary amides is 1. The fraction of sp³-hybridized carbons (Fsp3) is 0.875. The Morgan fingerprint density at radius 3 is 2.64 bits per heavy atom. The van der Waals surface area contributed by atoms with Gasteiger partial charge in [-0.15, -0.1) is 0 Å². The predicted octanol–water partition coefficient (Wildman–Crippen LogP) is 1.95. The van der Waals surface area contributed by atoms with Gasteiger partial charge in [0, 0.05) is 11.5 Å². The van der Waals surface area contributed by atoms with Gasteiger partial charge in [-0.05, 0) is 37.1 Å². The number of nitrogens with two attached hydrogens (primary N) is 1. The molecule has 0 heterocycles. The van der Waals surface area contributed by atoms with Crippen LogP contribution in [0.1, 0.15) is 25.7 Å². The van der Waals surface area contributed by atoms with E-state index in [1.807, 2.05) is 0 Å². The van der Waals surface area contributed by atoms with E-state index in [0.717, 1.165) is 25.7 Å². The monoisotopic (exact) mass is 198 g/mol. The Morgan fingerprint density at radius 1 is 1.50 bits per heavy atom. The van der Waals surface area contributed by atoms with E-state index in [0.29, 0.717) is 12.5 Å². The van der Waals surface area contributed by atoms with Crippen LogP contribution in [0.15, 0.2) is 5.11 Å². The normalized spacial score (nSPS) is 26.3. The van der Waals surface area contributed by atoms with E-state index in [4.69, 9.17) is 16.0 Å². The van der Waals surface area contributed by atoms with Crippen LogP contribution in [0.25, 0.3) is 10.4 Å². The second-order valence-electron chi connectivity index (χ2n) is 3.49. The largest absolute Gasteiger partial charge is 0.446 e. The third-order valence-electron chi connectivity index (χ3n) is 2.48. The lowest BCUT2D eigenvalue weighted by Gasteiger charge is -2.26. The average Bonchev–Trinajstić information content (AvgIpc) is 2.16. The van der Waals surface area contributed by atoms with Crippen molar-refractivity contribution in [2.75, 3.05) is 6.54 Å². The number of azide groups is 1. The quantitative estimate of drug-likeness (QED) is 0.425. The van der Waals surface area contributed by atoms with Crippen molar-refractivity contribution in [2.24, 2.45) is 16.8 Å². The number of ether oxygens (including phenoxy) is 1. The Hall–Kier alpha value is -1.42. The van der Waals surface area contributed by atoms with Crippen molar-refractivity contribution in [1.29, 1.82) is 0 Å². The minimum absolute atomic E-state index is 0.0465. The number of nitrogens with zero attached hydrogens (tertiary/aromatic N) is 3. The van der Waals surface area contributed by atoms with E-state index in [1.165, 1.54) is 0 Å². The molecule has 0 radical (unpaired) electrons. The second-order valence-corrected chi connectivity index (χ2v) is 3.49. The average molecular weight is 198 g/mol. The Morgan fingerprint density at radius 2 is 2.14 bits per heavy atom. The molecule has 0 atom stereocenters. The van der Waals surface area contributed by atoms with Crippen LogP contribution < -0.4 is 5.73 Å². The van der Waals surface area contributed by atoms with Crippen molar-refractivity contribution in [2.45, 2.75) is 31.8 Å². The van der Waals surface area contributed by atoms with Gasteiger partial charge in [-0.2, -0.15) is 0 Å². The van der Waals surface area contributed by atoms with Gasteiger partial charge in [-0.25, -0.2) is 4.79 Å². The molecular formula is C8H14N4O2. The SMILES string of the molecule is [N-]=[N+]=NC[C@H]1CC[C@@H](OC(N)=O)CC1. The highest BCUT2D eigenvalue weighted by Crippen LogP contribution is 2.26. The number of carbonyl (C=O) groups is 1. The first-order chi connectivity index (χ1) is 6.72.